The molecule has 4 nitrogen and oxygen atoms in total. The Bertz CT molecular complexity index is 932. The van der Waals surface area contributed by atoms with Crippen molar-refractivity contribution in [1.82, 2.24) is 9.88 Å². The molecule has 0 saturated carbocycles. The van der Waals surface area contributed by atoms with E-state index in [-0.39, 0.29) is 0 Å². The molecule has 0 aliphatic carbocycles. The van der Waals surface area contributed by atoms with Crippen LogP contribution < -0.4 is 10.1 Å². The summed E-state index contributed by atoms with van der Waals surface area (Å²) in [4.78, 5) is 6.30. The summed E-state index contributed by atoms with van der Waals surface area (Å²) in [6.07, 6.45) is 3.62. The van der Waals surface area contributed by atoms with Gasteiger partial charge in [0, 0.05) is 30.5 Å². The zero-order chi connectivity index (χ0) is 19.9. The molecule has 28 heavy (non-hydrogen) atoms. The summed E-state index contributed by atoms with van der Waals surface area (Å²) in [6.45, 7) is 3.31. The smallest absolute Gasteiger partial charge is 0.174 e. The van der Waals surface area contributed by atoms with Crippen LogP contribution in [-0.4, -0.2) is 22.1 Å². The number of hydrogen-bond acceptors (Lipinski definition) is 3. The zero-order valence-electron chi connectivity index (χ0n) is 15.9. The van der Waals surface area contributed by atoms with Gasteiger partial charge in [-0.2, -0.15) is 0 Å². The Morgan fingerprint density at radius 2 is 1.86 bits per heavy atom. The van der Waals surface area contributed by atoms with E-state index in [0.717, 1.165) is 28.1 Å². The van der Waals surface area contributed by atoms with Crippen LogP contribution in [0.15, 0.2) is 67.0 Å². The van der Waals surface area contributed by atoms with Crippen LogP contribution in [0.2, 0.25) is 5.02 Å². The maximum Gasteiger partial charge on any atom is 0.174 e. The average Bonchev–Trinajstić information content (AvgIpc) is 2.71. The maximum absolute atomic E-state index is 6.02. The molecule has 0 unspecified atom stereocenters. The van der Waals surface area contributed by atoms with Gasteiger partial charge in [-0.25, -0.2) is 0 Å². The predicted molar refractivity (Wildman–Crippen MR) is 119 cm³/mol. The molecule has 144 valence electrons. The third kappa shape index (κ3) is 5.44. The zero-order valence-corrected chi connectivity index (χ0v) is 17.4. The topological polar surface area (TPSA) is 37.4 Å². The van der Waals surface area contributed by atoms with Gasteiger partial charge in [0.2, 0.25) is 0 Å². The Morgan fingerprint density at radius 3 is 2.54 bits per heavy atom. The summed E-state index contributed by atoms with van der Waals surface area (Å²) < 4.78 is 5.49. The molecule has 0 amide bonds. The number of anilines is 1. The summed E-state index contributed by atoms with van der Waals surface area (Å²) >= 11 is 11.8. The quantitative estimate of drug-likeness (QED) is 0.546. The van der Waals surface area contributed by atoms with E-state index in [0.29, 0.717) is 23.2 Å². The summed E-state index contributed by atoms with van der Waals surface area (Å²) in [6, 6.07) is 17.7. The predicted octanol–water partition coefficient (Wildman–Crippen LogP) is 5.45. The molecule has 0 spiro atoms. The second-order valence-corrected chi connectivity index (χ2v) is 7.30. The van der Waals surface area contributed by atoms with Crippen molar-refractivity contribution in [2.75, 3.05) is 12.4 Å². The van der Waals surface area contributed by atoms with Crippen LogP contribution in [0.5, 0.6) is 5.75 Å². The first kappa shape index (κ1) is 20.1. The first-order chi connectivity index (χ1) is 13.5. The van der Waals surface area contributed by atoms with Crippen molar-refractivity contribution in [3.05, 3.63) is 88.7 Å². The Kier molecular flexibility index (Phi) is 6.85. The fourth-order valence-corrected chi connectivity index (χ4v) is 3.18. The molecule has 2 aromatic carbocycles. The van der Waals surface area contributed by atoms with Crippen LogP contribution in [0, 0.1) is 6.92 Å². The Balaban J connectivity index is 1.82. The summed E-state index contributed by atoms with van der Waals surface area (Å²) in [5.74, 6) is 0.759. The lowest BCUT2D eigenvalue weighted by molar-refractivity contribution is 0.408. The van der Waals surface area contributed by atoms with Gasteiger partial charge in [-0.05, 0) is 66.2 Å². The van der Waals surface area contributed by atoms with E-state index in [2.05, 4.69) is 15.2 Å². The lowest BCUT2D eigenvalue weighted by Crippen LogP contribution is -2.34. The summed E-state index contributed by atoms with van der Waals surface area (Å²) in [7, 11) is 1.66. The van der Waals surface area contributed by atoms with Gasteiger partial charge in [0.25, 0.3) is 0 Å². The van der Waals surface area contributed by atoms with Crippen LogP contribution in [0.1, 0.15) is 16.7 Å². The highest BCUT2D eigenvalue weighted by molar-refractivity contribution is 7.80. The second-order valence-electron chi connectivity index (χ2n) is 6.48. The van der Waals surface area contributed by atoms with Crippen LogP contribution in [0.25, 0.3) is 0 Å². The van der Waals surface area contributed by atoms with E-state index < -0.39 is 0 Å². The van der Waals surface area contributed by atoms with E-state index >= 15 is 0 Å². The maximum atomic E-state index is 6.02. The normalized spacial score (nSPS) is 10.4. The monoisotopic (exact) mass is 411 g/mol. The summed E-state index contributed by atoms with van der Waals surface area (Å²) in [5.41, 5.74) is 4.16. The van der Waals surface area contributed by atoms with E-state index in [9.17, 15) is 0 Å². The van der Waals surface area contributed by atoms with Crippen molar-refractivity contribution in [2.45, 2.75) is 20.0 Å². The van der Waals surface area contributed by atoms with E-state index in [1.165, 1.54) is 0 Å². The molecule has 0 aliphatic rings. The van der Waals surface area contributed by atoms with Gasteiger partial charge in [0.05, 0.1) is 12.8 Å². The minimum atomic E-state index is 0.612. The highest BCUT2D eigenvalue weighted by Crippen LogP contribution is 2.26. The van der Waals surface area contributed by atoms with Crippen molar-refractivity contribution in [3.63, 3.8) is 0 Å². The Labute approximate surface area is 176 Å². The molecule has 3 aromatic rings. The fourth-order valence-electron chi connectivity index (χ4n) is 2.82. The molecule has 0 bridgehead atoms. The average molecular weight is 412 g/mol. The molecular formula is C22H22ClN3OS. The van der Waals surface area contributed by atoms with Crippen molar-refractivity contribution < 1.29 is 4.74 Å². The molecule has 1 N–H and O–H groups in total. The van der Waals surface area contributed by atoms with Gasteiger partial charge >= 0.3 is 0 Å². The molecule has 6 heteroatoms. The largest absolute Gasteiger partial charge is 0.495 e. The van der Waals surface area contributed by atoms with Gasteiger partial charge in [0.15, 0.2) is 5.11 Å². The number of halogens is 1. The van der Waals surface area contributed by atoms with Gasteiger partial charge in [-0.1, -0.05) is 35.9 Å². The van der Waals surface area contributed by atoms with E-state index in [1.54, 1.807) is 13.3 Å². The molecule has 1 aromatic heterocycles. The number of nitrogens with zero attached hydrogens (tertiary/aromatic N) is 2. The van der Waals surface area contributed by atoms with Gasteiger partial charge in [-0.15, -0.1) is 0 Å². The number of pyridine rings is 1. The third-order valence-electron chi connectivity index (χ3n) is 4.27. The number of aromatic nitrogens is 1. The molecule has 0 radical (unpaired) electrons. The number of hydrogen-bond donors (Lipinski definition) is 1. The molecule has 1 heterocycles. The Morgan fingerprint density at radius 1 is 1.11 bits per heavy atom. The molecule has 0 aliphatic heterocycles. The van der Waals surface area contributed by atoms with Crippen molar-refractivity contribution >= 4 is 34.6 Å². The standard InChI is InChI=1S/C22H22ClN3OS/c1-16-5-10-20(21(12-16)27-2)25-22(28)26(15-18-4-3-11-24-13-18)14-17-6-8-19(23)9-7-17/h3-13H,14-15H2,1-2H3,(H,25,28). The first-order valence-corrected chi connectivity index (χ1v) is 9.67. The second kappa shape index (κ2) is 9.53. The van der Waals surface area contributed by atoms with Gasteiger partial charge in [0.1, 0.15) is 5.75 Å². The molecule has 3 rings (SSSR count). The van der Waals surface area contributed by atoms with E-state index in [1.807, 2.05) is 67.7 Å². The fraction of sp³-hybridized carbons (Fsp3) is 0.182. The lowest BCUT2D eigenvalue weighted by Gasteiger charge is -2.26. The molecule has 0 atom stereocenters. The highest BCUT2D eigenvalue weighted by atomic mass is 35.5. The van der Waals surface area contributed by atoms with Gasteiger partial charge < -0.3 is 15.0 Å². The molecule has 0 saturated heterocycles. The summed E-state index contributed by atoms with van der Waals surface area (Å²) in [5, 5.41) is 4.65. The van der Waals surface area contributed by atoms with Crippen LogP contribution >= 0.6 is 23.8 Å². The van der Waals surface area contributed by atoms with Crippen molar-refractivity contribution in [1.29, 1.82) is 0 Å². The number of ether oxygens (including phenoxy) is 1. The highest BCUT2D eigenvalue weighted by Gasteiger charge is 2.14. The van der Waals surface area contributed by atoms with E-state index in [4.69, 9.17) is 28.6 Å². The number of rotatable bonds is 6. The first-order valence-electron chi connectivity index (χ1n) is 8.89. The number of nitrogens with one attached hydrogen (secondary N) is 1. The van der Waals surface area contributed by atoms with Crippen molar-refractivity contribution in [2.24, 2.45) is 0 Å². The minimum Gasteiger partial charge on any atom is -0.495 e. The van der Waals surface area contributed by atoms with Crippen LogP contribution in [0.4, 0.5) is 5.69 Å². The SMILES string of the molecule is COc1cc(C)ccc1NC(=S)N(Cc1ccc(Cl)cc1)Cc1cccnc1. The number of benzene rings is 2. The minimum absolute atomic E-state index is 0.612. The van der Waals surface area contributed by atoms with Crippen LogP contribution in [-0.2, 0) is 13.1 Å². The molecular weight excluding hydrogens is 390 g/mol. The molecule has 0 fully saturated rings. The lowest BCUT2D eigenvalue weighted by atomic mass is 10.2. The number of aryl methyl sites for hydroxylation is 1. The number of methoxy groups -OCH3 is 1. The third-order valence-corrected chi connectivity index (χ3v) is 4.88. The number of thiocarbonyl (C=S) groups is 1. The Hall–Kier alpha value is -2.63. The van der Waals surface area contributed by atoms with Crippen LogP contribution in [0.3, 0.4) is 0 Å². The van der Waals surface area contributed by atoms with Crippen molar-refractivity contribution in [3.8, 4) is 5.75 Å². The van der Waals surface area contributed by atoms with Gasteiger partial charge in [-0.3, -0.25) is 4.98 Å².